The Morgan fingerprint density at radius 2 is 1.44 bits per heavy atom. The Labute approximate surface area is 274 Å². The van der Waals surface area contributed by atoms with Crippen LogP contribution in [0, 0.1) is 57.5 Å². The number of hydrazone groups is 1. The van der Waals surface area contributed by atoms with Crippen molar-refractivity contribution >= 4 is 41.2 Å². The highest BCUT2D eigenvalue weighted by molar-refractivity contribution is 6.25. The Morgan fingerprint density at radius 1 is 0.833 bits per heavy atom. The second-order valence-corrected chi connectivity index (χ2v) is 14.0. The predicted molar refractivity (Wildman–Crippen MR) is 170 cm³/mol. The van der Waals surface area contributed by atoms with Crippen LogP contribution in [0.4, 0.5) is 11.4 Å². The van der Waals surface area contributed by atoms with Crippen LogP contribution in [0.1, 0.15) is 34.6 Å². The molecule has 0 unspecified atom stereocenters. The molecular formula is C37H28N4O7. The zero-order valence-corrected chi connectivity index (χ0v) is 25.6. The van der Waals surface area contributed by atoms with Crippen molar-refractivity contribution in [2.24, 2.45) is 52.4 Å². The maximum absolute atomic E-state index is 14.8. The summed E-state index contributed by atoms with van der Waals surface area (Å²) in [5.74, 6) is -3.72. The van der Waals surface area contributed by atoms with Crippen molar-refractivity contribution in [3.63, 3.8) is 0 Å². The molecule has 3 aromatic rings. The number of allylic oxidation sites excluding steroid dienone is 2. The Hall–Kier alpha value is -5.45. The van der Waals surface area contributed by atoms with Crippen LogP contribution in [-0.2, 0) is 24.6 Å². The molecule has 11 nitrogen and oxygen atoms in total. The summed E-state index contributed by atoms with van der Waals surface area (Å²) < 4.78 is 5.47. The normalized spacial score (nSPS) is 35.9. The van der Waals surface area contributed by atoms with E-state index in [4.69, 9.17) is 9.84 Å². The van der Waals surface area contributed by atoms with Crippen LogP contribution in [0.3, 0.4) is 0 Å². The topological polar surface area (TPSA) is 139 Å². The summed E-state index contributed by atoms with van der Waals surface area (Å²) in [5.41, 5.74) is 1.90. The van der Waals surface area contributed by atoms with E-state index in [0.29, 0.717) is 11.8 Å². The fourth-order valence-corrected chi connectivity index (χ4v) is 10.5. The van der Waals surface area contributed by atoms with E-state index in [-0.39, 0.29) is 40.8 Å². The highest BCUT2D eigenvalue weighted by atomic mass is 16.6. The molecule has 2 saturated carbocycles. The van der Waals surface area contributed by atoms with E-state index in [2.05, 4.69) is 12.2 Å². The van der Waals surface area contributed by atoms with Gasteiger partial charge in [0.15, 0.2) is 0 Å². The molecule has 2 saturated heterocycles. The van der Waals surface area contributed by atoms with Gasteiger partial charge in [-0.3, -0.25) is 29.3 Å². The molecule has 0 N–H and O–H groups in total. The third kappa shape index (κ3) is 3.12. The Morgan fingerprint density at radius 3 is 2.02 bits per heavy atom. The van der Waals surface area contributed by atoms with Gasteiger partial charge in [0.2, 0.25) is 11.8 Å². The van der Waals surface area contributed by atoms with Crippen molar-refractivity contribution in [3.05, 3.63) is 111 Å². The molecule has 0 spiro atoms. The van der Waals surface area contributed by atoms with Gasteiger partial charge in [0.05, 0.1) is 52.9 Å². The number of anilines is 1. The minimum atomic E-state index is -1.30. The molecule has 238 valence electrons. The molecule has 0 radical (unpaired) electrons. The molecule has 8 atom stereocenters. The van der Waals surface area contributed by atoms with Crippen molar-refractivity contribution in [2.75, 3.05) is 12.0 Å². The molecular weight excluding hydrogens is 612 g/mol. The number of imide groups is 2. The first-order chi connectivity index (χ1) is 23.3. The van der Waals surface area contributed by atoms with Crippen LogP contribution in [0.2, 0.25) is 0 Å². The van der Waals surface area contributed by atoms with Crippen molar-refractivity contribution in [1.82, 2.24) is 5.01 Å². The van der Waals surface area contributed by atoms with E-state index in [9.17, 15) is 29.3 Å². The maximum atomic E-state index is 14.8. The number of hydrogen-bond acceptors (Lipinski definition) is 8. The molecule has 3 aromatic carbocycles. The van der Waals surface area contributed by atoms with Crippen LogP contribution in [-0.4, -0.2) is 46.9 Å². The number of non-ortho nitro benzene ring substituents is 1. The van der Waals surface area contributed by atoms with Gasteiger partial charge in [-0.15, -0.1) is 0 Å². The standard InChI is InChI=1S/C37H28N4O7/c1-48-27-14-17(41(46)47)10-13-26(27)39-33(42)31-28-20-6-2-4-8-24(20)37(32(31)36(39)45,25-9-5-3-7-21(25)28)16-38-40-34(43)29-18-11-12-19(23-15-22(18)23)30(29)35(40)44/h2-14,16,18-19,22-23,28-32H,15H2,1H3/b38-16-/t18-,19-,22-,23+,28?,29-,30+,31+,32-,37?/m0/s1. The minimum absolute atomic E-state index is 0.0202. The minimum Gasteiger partial charge on any atom is -0.494 e. The van der Waals surface area contributed by atoms with E-state index >= 15 is 0 Å². The van der Waals surface area contributed by atoms with Gasteiger partial charge in [0.25, 0.3) is 17.5 Å². The van der Waals surface area contributed by atoms with Gasteiger partial charge in [0.1, 0.15) is 5.75 Å². The number of nitro groups is 1. The lowest BCUT2D eigenvalue weighted by molar-refractivity contribution is -0.384. The highest BCUT2D eigenvalue weighted by Gasteiger charge is 2.70. The van der Waals surface area contributed by atoms with Crippen molar-refractivity contribution < 1.29 is 28.8 Å². The number of amides is 4. The molecule has 0 aromatic heterocycles. The Bertz CT molecular complexity index is 2040. The number of methoxy groups -OCH3 is 1. The fraction of sp³-hybridized carbons (Fsp3) is 0.324. The number of ether oxygens (including phenoxy) is 1. The lowest BCUT2D eigenvalue weighted by atomic mass is 9.47. The molecule has 7 aliphatic carbocycles. The number of nitro benzene ring substituents is 1. The lowest BCUT2D eigenvalue weighted by Crippen LogP contribution is -2.55. The van der Waals surface area contributed by atoms with Crippen molar-refractivity contribution in [2.45, 2.75) is 17.8 Å². The molecule has 4 bridgehead atoms. The SMILES string of the molecule is COc1cc([N+](=O)[O-])ccc1N1C(=O)[C@@H]2C3c4ccccc4C(/C=N\N4C(=O)[C@@H]5[C@H]6C=C[C@@H]([C@@H]7C[C@H]67)[C@@H]5C4=O)(c4ccccc43)[C@@H]2C1=O. The van der Waals surface area contributed by atoms with E-state index in [1.54, 1.807) is 6.21 Å². The zero-order valence-electron chi connectivity index (χ0n) is 25.6. The lowest BCUT2D eigenvalue weighted by Gasteiger charge is -2.52. The molecule has 48 heavy (non-hydrogen) atoms. The number of carbonyl (C=O) groups is 4. The summed E-state index contributed by atoms with van der Waals surface area (Å²) in [7, 11) is 1.33. The summed E-state index contributed by atoms with van der Waals surface area (Å²) >= 11 is 0. The first-order valence-corrected chi connectivity index (χ1v) is 16.3. The van der Waals surface area contributed by atoms with Gasteiger partial charge in [0, 0.05) is 18.2 Å². The monoisotopic (exact) mass is 640 g/mol. The zero-order chi connectivity index (χ0) is 32.8. The van der Waals surface area contributed by atoms with E-state index in [1.807, 2.05) is 48.5 Å². The molecule has 4 amide bonds. The molecule has 12 rings (SSSR count). The van der Waals surface area contributed by atoms with Gasteiger partial charge in [-0.2, -0.15) is 10.1 Å². The Kier molecular flexibility index (Phi) is 5.25. The van der Waals surface area contributed by atoms with Crippen LogP contribution in [0.25, 0.3) is 0 Å². The largest absolute Gasteiger partial charge is 0.494 e. The third-order valence-corrected chi connectivity index (χ3v) is 12.3. The van der Waals surface area contributed by atoms with Crippen LogP contribution in [0.15, 0.2) is 84.0 Å². The molecule has 2 heterocycles. The van der Waals surface area contributed by atoms with E-state index in [1.165, 1.54) is 25.3 Å². The third-order valence-electron chi connectivity index (χ3n) is 12.3. The quantitative estimate of drug-likeness (QED) is 0.134. The summed E-state index contributed by atoms with van der Waals surface area (Å²) in [6, 6.07) is 19.1. The van der Waals surface area contributed by atoms with Crippen LogP contribution < -0.4 is 9.64 Å². The Balaban J connectivity index is 1.14. The van der Waals surface area contributed by atoms with E-state index in [0.717, 1.165) is 38.6 Å². The summed E-state index contributed by atoms with van der Waals surface area (Å²) in [4.78, 5) is 69.4. The molecule has 4 fully saturated rings. The van der Waals surface area contributed by atoms with Gasteiger partial charge in [-0.1, -0.05) is 60.7 Å². The summed E-state index contributed by atoms with van der Waals surface area (Å²) in [6.45, 7) is 0. The molecule has 2 aliphatic heterocycles. The van der Waals surface area contributed by atoms with Crippen LogP contribution >= 0.6 is 0 Å². The van der Waals surface area contributed by atoms with Crippen LogP contribution in [0.5, 0.6) is 5.75 Å². The number of benzene rings is 3. The summed E-state index contributed by atoms with van der Waals surface area (Å²) in [5, 5.41) is 17.3. The van der Waals surface area contributed by atoms with Gasteiger partial charge in [-0.05, 0) is 58.4 Å². The van der Waals surface area contributed by atoms with Gasteiger partial charge in [-0.25, -0.2) is 4.90 Å². The fourth-order valence-electron chi connectivity index (χ4n) is 10.5. The average molecular weight is 641 g/mol. The average Bonchev–Trinajstić information content (AvgIpc) is 3.84. The van der Waals surface area contributed by atoms with Crippen molar-refractivity contribution in [3.8, 4) is 5.75 Å². The maximum Gasteiger partial charge on any atom is 0.273 e. The number of nitrogens with zero attached hydrogens (tertiary/aromatic N) is 4. The number of carbonyl (C=O) groups excluding carboxylic acids is 4. The smallest absolute Gasteiger partial charge is 0.273 e. The second-order valence-electron chi connectivity index (χ2n) is 14.0. The first kappa shape index (κ1) is 27.6. The highest BCUT2D eigenvalue weighted by Crippen LogP contribution is 2.66. The van der Waals surface area contributed by atoms with Gasteiger partial charge < -0.3 is 4.74 Å². The van der Waals surface area contributed by atoms with Crippen molar-refractivity contribution in [1.29, 1.82) is 0 Å². The molecule has 9 aliphatic rings. The molecule has 11 heteroatoms. The summed E-state index contributed by atoms with van der Waals surface area (Å²) in [6.07, 6.45) is 6.84. The second kappa shape index (κ2) is 9.12. The predicted octanol–water partition coefficient (Wildman–Crippen LogP) is 4.19. The number of hydrogen-bond donors (Lipinski definition) is 0. The van der Waals surface area contributed by atoms with Gasteiger partial charge >= 0.3 is 0 Å². The first-order valence-electron chi connectivity index (χ1n) is 16.3. The van der Waals surface area contributed by atoms with E-state index < -0.39 is 51.7 Å². The number of rotatable bonds is 5.